The van der Waals surface area contributed by atoms with Crippen molar-refractivity contribution in [1.29, 1.82) is 0 Å². The summed E-state index contributed by atoms with van der Waals surface area (Å²) >= 11 is 0. The van der Waals surface area contributed by atoms with Gasteiger partial charge in [-0.1, -0.05) is 12.1 Å². The number of hydrogen-bond donors (Lipinski definition) is 5. The van der Waals surface area contributed by atoms with Gasteiger partial charge in [-0.2, -0.15) is 13.2 Å². The van der Waals surface area contributed by atoms with Crippen LogP contribution in [0.2, 0.25) is 0 Å². The molecule has 3 aromatic carbocycles. The van der Waals surface area contributed by atoms with Gasteiger partial charge in [0.2, 0.25) is 0 Å². The van der Waals surface area contributed by atoms with Gasteiger partial charge in [0.1, 0.15) is 5.82 Å². The van der Waals surface area contributed by atoms with Crippen LogP contribution in [0.3, 0.4) is 0 Å². The van der Waals surface area contributed by atoms with Crippen molar-refractivity contribution in [2.75, 3.05) is 21.3 Å². The van der Waals surface area contributed by atoms with Gasteiger partial charge in [-0.15, -0.1) is 0 Å². The van der Waals surface area contributed by atoms with Gasteiger partial charge in [0.15, 0.2) is 0 Å². The van der Waals surface area contributed by atoms with E-state index in [0.29, 0.717) is 40.5 Å². The van der Waals surface area contributed by atoms with Gasteiger partial charge < -0.3 is 26.3 Å². The minimum atomic E-state index is -4.89. The second-order valence-corrected chi connectivity index (χ2v) is 8.82. The number of carbonyl (C=O) groups is 2. The van der Waals surface area contributed by atoms with Crippen LogP contribution in [0.15, 0.2) is 72.9 Å². The van der Waals surface area contributed by atoms with Crippen molar-refractivity contribution >= 4 is 52.0 Å². The highest BCUT2D eigenvalue weighted by Crippen LogP contribution is 2.36. The third-order valence-electron chi connectivity index (χ3n) is 6.03. The molecule has 0 radical (unpaired) electrons. The molecule has 0 bridgehead atoms. The normalized spacial score (nSPS) is 13.7. The zero-order valence-corrected chi connectivity index (χ0v) is 20.3. The Morgan fingerprint density at radius 3 is 2.36 bits per heavy atom. The number of aromatic amines is 1. The molecule has 0 unspecified atom stereocenters. The lowest BCUT2D eigenvalue weighted by Gasteiger charge is -2.14. The highest BCUT2D eigenvalue weighted by molar-refractivity contribution is 6.35. The maximum Gasteiger partial charge on any atom is 0.419 e. The Bertz CT molecular complexity index is 1610. The number of rotatable bonds is 5. The molecule has 0 aliphatic carbocycles. The van der Waals surface area contributed by atoms with Crippen LogP contribution in [-0.4, -0.2) is 16.9 Å². The molecule has 0 saturated carbocycles. The number of fused-ring (bicyclic) bond motifs is 1. The fourth-order valence-corrected chi connectivity index (χ4v) is 4.11. The van der Waals surface area contributed by atoms with Crippen molar-refractivity contribution in [3.63, 3.8) is 0 Å². The first kappa shape index (κ1) is 25.6. The zero-order chi connectivity index (χ0) is 27.7. The Balaban J connectivity index is 1.30. The van der Waals surface area contributed by atoms with E-state index in [0.717, 1.165) is 22.9 Å². The molecule has 0 saturated heterocycles. The first-order chi connectivity index (χ1) is 18.6. The van der Waals surface area contributed by atoms with Gasteiger partial charge in [-0.25, -0.2) is 9.18 Å². The van der Waals surface area contributed by atoms with Crippen molar-refractivity contribution < 1.29 is 27.2 Å². The number of hydrogen-bond acceptors (Lipinski definition) is 3. The molecule has 5 rings (SSSR count). The maximum absolute atomic E-state index is 13.5. The van der Waals surface area contributed by atoms with E-state index >= 15 is 0 Å². The first-order valence-electron chi connectivity index (χ1n) is 11.7. The molecule has 0 fully saturated rings. The van der Waals surface area contributed by atoms with E-state index in [1.165, 1.54) is 0 Å². The van der Waals surface area contributed by atoms with Crippen LogP contribution in [0.5, 0.6) is 0 Å². The van der Waals surface area contributed by atoms with E-state index in [1.54, 1.807) is 36.5 Å². The molecule has 198 valence electrons. The molecular weight excluding hydrogens is 514 g/mol. The average molecular weight is 536 g/mol. The highest BCUT2D eigenvalue weighted by atomic mass is 19.4. The third kappa shape index (κ3) is 5.61. The lowest BCUT2D eigenvalue weighted by Crippen LogP contribution is -2.20. The topological polar surface area (TPSA) is 98.0 Å². The van der Waals surface area contributed by atoms with Crippen LogP contribution in [0.4, 0.5) is 50.8 Å². The number of nitrogens with one attached hydrogen (secondary N) is 5. The minimum Gasteiger partial charge on any atom is -0.362 e. The van der Waals surface area contributed by atoms with Crippen LogP contribution < -0.4 is 21.3 Å². The summed E-state index contributed by atoms with van der Waals surface area (Å²) in [5, 5.41) is 11.0. The summed E-state index contributed by atoms with van der Waals surface area (Å²) in [7, 11) is 0. The Morgan fingerprint density at radius 2 is 1.64 bits per heavy atom. The predicted octanol–water partition coefficient (Wildman–Crippen LogP) is 7.36. The fraction of sp³-hybridized carbons (Fsp3) is 0.0714. The Hall–Kier alpha value is -5.06. The summed E-state index contributed by atoms with van der Waals surface area (Å²) in [5.41, 5.74) is 3.62. The maximum atomic E-state index is 13.5. The number of halogens is 4. The monoisotopic (exact) mass is 535 g/mol. The van der Waals surface area contributed by atoms with Crippen LogP contribution in [-0.2, 0) is 11.0 Å². The molecule has 7 nitrogen and oxygen atoms in total. The van der Waals surface area contributed by atoms with Crippen molar-refractivity contribution in [1.82, 2.24) is 4.98 Å². The molecule has 0 spiro atoms. The van der Waals surface area contributed by atoms with Gasteiger partial charge in [0, 0.05) is 40.2 Å². The highest BCUT2D eigenvalue weighted by Gasteiger charge is 2.34. The average Bonchev–Trinajstić information content (AvgIpc) is 3.49. The van der Waals surface area contributed by atoms with E-state index in [-0.39, 0.29) is 11.6 Å². The van der Waals surface area contributed by atoms with Crippen LogP contribution in [0.1, 0.15) is 22.4 Å². The lowest BCUT2D eigenvalue weighted by molar-refractivity contribution is -0.139. The van der Waals surface area contributed by atoms with Crippen molar-refractivity contribution in [3.8, 4) is 0 Å². The summed E-state index contributed by atoms with van der Waals surface area (Å²) in [5.74, 6) is -1.64. The molecule has 1 aliphatic heterocycles. The van der Waals surface area contributed by atoms with Crippen molar-refractivity contribution in [3.05, 3.63) is 101 Å². The molecule has 5 N–H and O–H groups in total. The molecule has 1 aromatic heterocycles. The first-order valence-corrected chi connectivity index (χ1v) is 11.7. The van der Waals surface area contributed by atoms with E-state index in [2.05, 4.69) is 26.3 Å². The van der Waals surface area contributed by atoms with Gasteiger partial charge in [0.25, 0.3) is 5.91 Å². The van der Waals surface area contributed by atoms with Crippen molar-refractivity contribution in [2.45, 2.75) is 13.1 Å². The summed E-state index contributed by atoms with van der Waals surface area (Å²) < 4.78 is 52.4. The Morgan fingerprint density at radius 1 is 0.923 bits per heavy atom. The molecule has 4 aromatic rings. The number of benzene rings is 3. The molecule has 2 heterocycles. The largest absolute Gasteiger partial charge is 0.419 e. The summed E-state index contributed by atoms with van der Waals surface area (Å²) in [6, 6.07) is 15.6. The molecule has 3 amide bonds. The van der Waals surface area contributed by atoms with E-state index in [4.69, 9.17) is 0 Å². The van der Waals surface area contributed by atoms with Crippen LogP contribution in [0, 0.1) is 12.7 Å². The quantitative estimate of drug-likeness (QED) is 0.136. The minimum absolute atomic E-state index is 0.212. The predicted molar refractivity (Wildman–Crippen MR) is 142 cm³/mol. The van der Waals surface area contributed by atoms with Gasteiger partial charge >= 0.3 is 12.2 Å². The van der Waals surface area contributed by atoms with Crippen molar-refractivity contribution in [2.24, 2.45) is 0 Å². The van der Waals surface area contributed by atoms with Gasteiger partial charge in [0.05, 0.1) is 16.8 Å². The van der Waals surface area contributed by atoms with E-state index < -0.39 is 23.6 Å². The van der Waals surface area contributed by atoms with E-state index in [9.17, 15) is 27.2 Å². The standard InChI is InChI=1S/C28H21F4N5O2/c1-15-4-5-19(36-27(39)35-17-7-9-23(29)22(12-17)28(30,31)32)13-24(15)34-18-6-8-20-21(11-16-3-2-10-33-16)26(38)37-25(20)14-18/h2-14,33-34H,1H3,(H,37,38)(H2,35,36,39)/b21-11-. The number of aryl methyl sites for hydroxylation is 1. The number of carbonyl (C=O) groups excluding carboxylic acids is 2. The van der Waals surface area contributed by atoms with Crippen LogP contribution in [0.25, 0.3) is 11.6 Å². The molecule has 0 atom stereocenters. The summed E-state index contributed by atoms with van der Waals surface area (Å²) in [4.78, 5) is 28.0. The number of anilines is 5. The van der Waals surface area contributed by atoms with Gasteiger partial charge in [-0.3, -0.25) is 4.79 Å². The second-order valence-electron chi connectivity index (χ2n) is 8.82. The number of aromatic nitrogens is 1. The number of alkyl halides is 3. The Kier molecular flexibility index (Phi) is 6.57. The summed E-state index contributed by atoms with van der Waals surface area (Å²) in [6.07, 6.45) is -1.35. The van der Waals surface area contributed by atoms with Crippen LogP contribution >= 0.6 is 0 Å². The smallest absolute Gasteiger partial charge is 0.362 e. The Labute approximate surface area is 219 Å². The molecule has 11 heteroatoms. The van der Waals surface area contributed by atoms with Gasteiger partial charge in [-0.05, 0) is 73.2 Å². The second kappa shape index (κ2) is 10.0. The zero-order valence-electron chi connectivity index (χ0n) is 20.3. The molecular formula is C28H21F4N5O2. The number of amides is 3. The molecule has 1 aliphatic rings. The number of H-pyrrole nitrogens is 1. The van der Waals surface area contributed by atoms with E-state index in [1.807, 2.05) is 31.2 Å². The fourth-order valence-electron chi connectivity index (χ4n) is 4.11. The third-order valence-corrected chi connectivity index (χ3v) is 6.03. The summed E-state index contributed by atoms with van der Waals surface area (Å²) in [6.45, 7) is 1.86. The molecule has 39 heavy (non-hydrogen) atoms. The number of urea groups is 1. The lowest BCUT2D eigenvalue weighted by atomic mass is 10.1. The SMILES string of the molecule is Cc1ccc(NC(=O)Nc2ccc(F)c(C(F)(F)F)c2)cc1Nc1ccc2c(c1)NC(=O)/C2=C\c1ccc[nH]1.